The van der Waals surface area contributed by atoms with E-state index in [2.05, 4.69) is 335 Å². The van der Waals surface area contributed by atoms with Crippen LogP contribution in [0.3, 0.4) is 0 Å². The maximum Gasteiger partial charge on any atom is 0.139 e. The van der Waals surface area contributed by atoms with E-state index >= 15 is 0 Å². The average molecular weight is 1080 g/mol. The van der Waals surface area contributed by atoms with Crippen molar-refractivity contribution in [3.63, 3.8) is 0 Å². The highest BCUT2D eigenvalue weighted by Gasteiger charge is 2.29. The van der Waals surface area contributed by atoms with Gasteiger partial charge in [-0.05, 0) is 114 Å². The second kappa shape index (κ2) is 21.6. The third-order valence-electron chi connectivity index (χ3n) is 15.7. The Labute approximate surface area is 487 Å². The van der Waals surface area contributed by atoms with Crippen LogP contribution in [-0.2, 0) is 0 Å². The van der Waals surface area contributed by atoms with Gasteiger partial charge < -0.3 is 28.4 Å². The van der Waals surface area contributed by atoms with E-state index in [-0.39, 0.29) is 0 Å². The van der Waals surface area contributed by atoms with Crippen LogP contribution >= 0.6 is 0 Å². The summed E-state index contributed by atoms with van der Waals surface area (Å²) >= 11 is 0. The lowest BCUT2D eigenvalue weighted by Gasteiger charge is -2.33. The zero-order valence-electron chi connectivity index (χ0n) is 45.8. The van der Waals surface area contributed by atoms with Crippen LogP contribution in [-0.4, -0.2) is 0 Å². The Morgan fingerprint density at radius 3 is 0.917 bits per heavy atom. The van der Waals surface area contributed by atoms with Gasteiger partial charge in [-0.1, -0.05) is 212 Å². The number of anilines is 12. The van der Waals surface area contributed by atoms with E-state index in [1.54, 1.807) is 0 Å². The number of hydrogen-bond donors (Lipinski definition) is 0. The number of fused-ring (bicyclic) bond motifs is 6. The molecule has 0 N–H and O–H groups in total. The van der Waals surface area contributed by atoms with Gasteiger partial charge in [-0.25, -0.2) is 0 Å². The molecule has 0 radical (unpaired) electrons. The molecule has 0 aliphatic rings. The molecule has 6 heteroatoms. The molecule has 84 heavy (non-hydrogen) atoms. The maximum atomic E-state index is 7.06. The van der Waals surface area contributed by atoms with Crippen LogP contribution in [0.1, 0.15) is 0 Å². The SMILES string of the molecule is c1ccc(-c2cccc(-c3ccccc3)c2N(c2cccc(N(c3ccccc3)c3cc(N(c4ccccc4)c4ccccc4)c4c(c3)oc3ccccc34)c2)c2cc(N(c3ccccc3)c3ccccc3)c3c(c2)oc2ccccc23)cc1. The Hall–Kier alpha value is -11.3. The van der Waals surface area contributed by atoms with Crippen molar-refractivity contribution >= 4 is 112 Å². The van der Waals surface area contributed by atoms with Gasteiger partial charge in [-0.15, -0.1) is 0 Å². The number of para-hydroxylation sites is 8. The monoisotopic (exact) mass is 1080 g/mol. The van der Waals surface area contributed by atoms with Gasteiger partial charge in [0, 0.05) is 73.8 Å². The fourth-order valence-corrected chi connectivity index (χ4v) is 12.1. The molecule has 0 spiro atoms. The van der Waals surface area contributed by atoms with E-state index in [0.717, 1.165) is 134 Å². The molecule has 0 saturated carbocycles. The number of benzene rings is 13. The molecule has 0 unspecified atom stereocenters. The normalized spacial score (nSPS) is 11.3. The molecule has 15 rings (SSSR count). The molecule has 398 valence electrons. The molecule has 0 atom stereocenters. The van der Waals surface area contributed by atoms with Crippen LogP contribution in [0.25, 0.3) is 66.1 Å². The summed E-state index contributed by atoms with van der Waals surface area (Å²) in [7, 11) is 0. The molecule has 13 aromatic carbocycles. The lowest BCUT2D eigenvalue weighted by Crippen LogP contribution is -2.16. The maximum absolute atomic E-state index is 7.06. The largest absolute Gasteiger partial charge is 0.456 e. The van der Waals surface area contributed by atoms with Gasteiger partial charge in [-0.2, -0.15) is 0 Å². The Morgan fingerprint density at radius 1 is 0.202 bits per heavy atom. The number of hydrogen-bond acceptors (Lipinski definition) is 6. The van der Waals surface area contributed by atoms with Crippen LogP contribution in [0.5, 0.6) is 0 Å². The molecule has 0 aliphatic carbocycles. The van der Waals surface area contributed by atoms with Crippen molar-refractivity contribution in [3.8, 4) is 22.3 Å². The highest BCUT2D eigenvalue weighted by molar-refractivity contribution is 6.17. The quantitative estimate of drug-likeness (QED) is 0.108. The molecule has 0 aliphatic heterocycles. The standard InChI is InChI=1S/C78H54N4O2/c1-8-28-55(29-9-1)66-46-27-47-67(56-30-10-2-11-31-56)78(66)82(65-52-71(77-69-45-23-25-49-73(69)84-75(77)54-65)81(60-38-18-6-19-39-60)61-40-20-7-21-41-61)63-43-26-42-62(50-63)79(57-32-12-3-13-33-57)64-51-70(76-68-44-22-24-48-72(68)83-74(76)53-64)80(58-34-14-4-15-35-58)59-36-16-5-17-37-59/h1-54H. The van der Waals surface area contributed by atoms with Crippen molar-refractivity contribution in [3.05, 3.63) is 328 Å². The predicted molar refractivity (Wildman–Crippen MR) is 351 cm³/mol. The molecular weight excluding hydrogens is 1020 g/mol. The first-order chi connectivity index (χ1) is 41.7. The highest BCUT2D eigenvalue weighted by Crippen LogP contribution is 2.53. The van der Waals surface area contributed by atoms with Crippen LogP contribution < -0.4 is 19.6 Å². The Kier molecular flexibility index (Phi) is 12.8. The summed E-state index contributed by atoms with van der Waals surface area (Å²) in [5.74, 6) is 0. The first kappa shape index (κ1) is 49.7. The fraction of sp³-hybridized carbons (Fsp3) is 0. The fourth-order valence-electron chi connectivity index (χ4n) is 12.1. The van der Waals surface area contributed by atoms with E-state index < -0.39 is 0 Å². The number of rotatable bonds is 14. The molecule has 2 heterocycles. The molecule has 0 saturated heterocycles. The highest BCUT2D eigenvalue weighted by atomic mass is 16.3. The number of nitrogens with zero attached hydrogens (tertiary/aromatic N) is 4. The molecule has 0 amide bonds. The van der Waals surface area contributed by atoms with E-state index in [1.807, 2.05) is 12.1 Å². The van der Waals surface area contributed by atoms with Crippen LogP contribution in [0, 0.1) is 0 Å². The van der Waals surface area contributed by atoms with Gasteiger partial charge in [0.1, 0.15) is 22.3 Å². The lowest BCUT2D eigenvalue weighted by molar-refractivity contribution is 0.668. The number of furan rings is 2. The summed E-state index contributed by atoms with van der Waals surface area (Å²) in [5, 5.41) is 4.12. The van der Waals surface area contributed by atoms with Crippen LogP contribution in [0.4, 0.5) is 68.2 Å². The summed E-state index contributed by atoms with van der Waals surface area (Å²) < 4.78 is 14.0. The van der Waals surface area contributed by atoms with Gasteiger partial charge in [-0.3, -0.25) is 0 Å². The van der Waals surface area contributed by atoms with Gasteiger partial charge in [0.05, 0.1) is 39.2 Å². The van der Waals surface area contributed by atoms with Crippen LogP contribution in [0.2, 0.25) is 0 Å². The van der Waals surface area contributed by atoms with Gasteiger partial charge in [0.15, 0.2) is 0 Å². The second-order valence-corrected chi connectivity index (χ2v) is 20.8. The predicted octanol–water partition coefficient (Wildman–Crippen LogP) is 22.7. The summed E-state index contributed by atoms with van der Waals surface area (Å²) in [6, 6.07) is 116. The third-order valence-corrected chi connectivity index (χ3v) is 15.7. The minimum Gasteiger partial charge on any atom is -0.456 e. The molecule has 0 bridgehead atoms. The first-order valence-corrected chi connectivity index (χ1v) is 28.4. The summed E-state index contributed by atoms with van der Waals surface area (Å²) in [6.07, 6.45) is 0. The van der Waals surface area contributed by atoms with Crippen molar-refractivity contribution in [2.75, 3.05) is 19.6 Å². The molecule has 0 fully saturated rings. The van der Waals surface area contributed by atoms with E-state index in [1.165, 1.54) is 0 Å². The van der Waals surface area contributed by atoms with Gasteiger partial charge >= 0.3 is 0 Å². The van der Waals surface area contributed by atoms with Crippen molar-refractivity contribution < 1.29 is 8.83 Å². The van der Waals surface area contributed by atoms with Gasteiger partial charge in [0.25, 0.3) is 0 Å². The Bertz CT molecular complexity index is 4650. The molecule has 2 aromatic heterocycles. The first-order valence-electron chi connectivity index (χ1n) is 28.4. The minimum absolute atomic E-state index is 0.763. The van der Waals surface area contributed by atoms with Gasteiger partial charge in [0.2, 0.25) is 0 Å². The van der Waals surface area contributed by atoms with Crippen molar-refractivity contribution in [2.24, 2.45) is 0 Å². The smallest absolute Gasteiger partial charge is 0.139 e. The zero-order valence-corrected chi connectivity index (χ0v) is 45.8. The summed E-state index contributed by atoms with van der Waals surface area (Å²) in [6.45, 7) is 0. The second-order valence-electron chi connectivity index (χ2n) is 20.8. The molecule has 15 aromatic rings. The van der Waals surface area contributed by atoms with E-state index in [4.69, 9.17) is 8.83 Å². The van der Waals surface area contributed by atoms with Crippen molar-refractivity contribution in [2.45, 2.75) is 0 Å². The summed E-state index contributed by atoms with van der Waals surface area (Å²) in [4.78, 5) is 9.51. The van der Waals surface area contributed by atoms with Crippen LogP contribution in [0.15, 0.2) is 336 Å². The third kappa shape index (κ3) is 9.05. The van der Waals surface area contributed by atoms with Crippen molar-refractivity contribution in [1.82, 2.24) is 0 Å². The van der Waals surface area contributed by atoms with E-state index in [9.17, 15) is 0 Å². The van der Waals surface area contributed by atoms with E-state index in [0.29, 0.717) is 0 Å². The lowest BCUT2D eigenvalue weighted by atomic mass is 9.94. The summed E-state index contributed by atoms with van der Waals surface area (Å²) in [5.41, 5.74) is 19.2. The Morgan fingerprint density at radius 2 is 0.512 bits per heavy atom. The average Bonchev–Trinajstić information content (AvgIpc) is 2.10. The zero-order chi connectivity index (χ0) is 55.8. The van der Waals surface area contributed by atoms with Crippen molar-refractivity contribution in [1.29, 1.82) is 0 Å². The topological polar surface area (TPSA) is 39.2 Å². The Balaban J connectivity index is 1.03. The minimum atomic E-state index is 0.763. The molecule has 6 nitrogen and oxygen atoms in total. The molecular formula is C78H54N4O2.